The van der Waals surface area contributed by atoms with Gasteiger partial charge in [0.1, 0.15) is 11.7 Å². The highest BCUT2D eigenvalue weighted by molar-refractivity contribution is 5.81. The second-order valence-corrected chi connectivity index (χ2v) is 10.9. The molecule has 30 heavy (non-hydrogen) atoms. The second kappa shape index (κ2) is 7.31. The largest absolute Gasteiger partial charge is 0.446 e. The number of nitrogens with zero attached hydrogens (tertiary/aromatic N) is 2. The molecule has 4 saturated carbocycles. The van der Waals surface area contributed by atoms with Gasteiger partial charge in [-0.3, -0.25) is 4.79 Å². The van der Waals surface area contributed by atoms with Crippen LogP contribution in [0.3, 0.4) is 0 Å². The van der Waals surface area contributed by atoms with E-state index in [0.717, 1.165) is 32.1 Å². The Hall–Kier alpha value is -1.99. The Bertz CT molecular complexity index is 717. The highest BCUT2D eigenvalue weighted by Gasteiger charge is 2.59. The van der Waals surface area contributed by atoms with Crippen LogP contribution >= 0.6 is 0 Å². The minimum atomic E-state index is -0.551. The molecule has 2 N–H and O–H groups in total. The van der Waals surface area contributed by atoms with Crippen LogP contribution in [-0.2, 0) is 14.3 Å². The van der Waals surface area contributed by atoms with Crippen LogP contribution in [-0.4, -0.2) is 65.8 Å². The number of likely N-dealkylation sites (N-methyl/N-ethyl adjacent to an activating group) is 1. The number of ether oxygens (including phenoxy) is 2. The number of carbonyl (C=O) groups is 3. The van der Waals surface area contributed by atoms with E-state index in [9.17, 15) is 14.4 Å². The first-order valence-electron chi connectivity index (χ1n) is 11.2. The molecule has 5 rings (SSSR count). The molecule has 0 radical (unpaired) electrons. The number of hydrogen-bond acceptors (Lipinski definition) is 5. The molecule has 1 heterocycles. The number of nitrogens with two attached hydrogens (primary N) is 1. The summed E-state index contributed by atoms with van der Waals surface area (Å²) < 4.78 is 11.4. The fourth-order valence-electron chi connectivity index (χ4n) is 6.37. The van der Waals surface area contributed by atoms with Crippen molar-refractivity contribution in [2.24, 2.45) is 28.9 Å². The predicted octanol–water partition coefficient (Wildman–Crippen LogP) is 2.74. The molecule has 8 heteroatoms. The van der Waals surface area contributed by atoms with Gasteiger partial charge in [-0.05, 0) is 77.0 Å². The van der Waals surface area contributed by atoms with Crippen molar-refractivity contribution < 1.29 is 23.9 Å². The molecule has 0 spiro atoms. The maximum atomic E-state index is 12.9. The average Bonchev–Trinajstić information content (AvgIpc) is 3.12. The van der Waals surface area contributed by atoms with Crippen molar-refractivity contribution in [3.05, 3.63) is 0 Å². The molecule has 6 atom stereocenters. The zero-order valence-corrected chi connectivity index (χ0v) is 18.6. The topological polar surface area (TPSA) is 102 Å². The third-order valence-corrected chi connectivity index (χ3v) is 7.60. The molecule has 8 nitrogen and oxygen atoms in total. The van der Waals surface area contributed by atoms with E-state index in [1.54, 1.807) is 16.8 Å². The van der Waals surface area contributed by atoms with Gasteiger partial charge in [-0.15, -0.1) is 0 Å². The highest BCUT2D eigenvalue weighted by atomic mass is 16.6. The summed E-state index contributed by atoms with van der Waals surface area (Å²) in [6.07, 6.45) is 4.34. The maximum absolute atomic E-state index is 12.9. The van der Waals surface area contributed by atoms with Gasteiger partial charge in [0.25, 0.3) is 0 Å². The van der Waals surface area contributed by atoms with Crippen molar-refractivity contribution >= 4 is 18.1 Å². The minimum Gasteiger partial charge on any atom is -0.446 e. The molecule has 4 aliphatic carbocycles. The van der Waals surface area contributed by atoms with Crippen LogP contribution in [0.2, 0.25) is 0 Å². The van der Waals surface area contributed by atoms with E-state index in [-0.39, 0.29) is 47.5 Å². The van der Waals surface area contributed by atoms with Gasteiger partial charge in [0.2, 0.25) is 5.91 Å². The van der Waals surface area contributed by atoms with Crippen molar-refractivity contribution in [1.29, 1.82) is 0 Å². The van der Waals surface area contributed by atoms with Crippen LogP contribution in [0.15, 0.2) is 0 Å². The smallest absolute Gasteiger partial charge is 0.410 e. The third kappa shape index (κ3) is 3.85. The average molecular weight is 422 g/mol. The van der Waals surface area contributed by atoms with Crippen molar-refractivity contribution in [3.63, 3.8) is 0 Å². The van der Waals surface area contributed by atoms with Crippen molar-refractivity contribution in [2.45, 2.75) is 77.0 Å². The number of carbonyl (C=O) groups excluding carboxylic acids is 3. The number of primary amides is 1. The van der Waals surface area contributed by atoms with Crippen LogP contribution < -0.4 is 5.73 Å². The lowest BCUT2D eigenvalue weighted by atomic mass is 9.48. The standard InChI is InChI=1S/C22H35N3O5/c1-21(2,3)30-19(27)24(4)16-5-6-25(12-16)20(28)29-17-14-7-13-8-15(17)11-22(9-13,10-14)18(23)26/h13-17H,5-12H2,1-4H3,(H2,23,26)/t13?,14-,15?,16-,17?,22+/m1/s1. The Morgan fingerprint density at radius 3 is 2.30 bits per heavy atom. The third-order valence-electron chi connectivity index (χ3n) is 7.60. The molecule has 3 amide bonds. The maximum Gasteiger partial charge on any atom is 0.410 e. The van der Waals surface area contributed by atoms with Crippen LogP contribution in [0.1, 0.15) is 59.3 Å². The lowest BCUT2D eigenvalue weighted by molar-refractivity contribution is -0.161. The fraction of sp³-hybridized carbons (Fsp3) is 0.864. The summed E-state index contributed by atoms with van der Waals surface area (Å²) in [5.41, 5.74) is 4.81. The predicted molar refractivity (Wildman–Crippen MR) is 109 cm³/mol. The van der Waals surface area contributed by atoms with E-state index in [1.807, 2.05) is 20.8 Å². The van der Waals surface area contributed by atoms with Gasteiger partial charge in [0.15, 0.2) is 0 Å². The van der Waals surface area contributed by atoms with Gasteiger partial charge in [-0.25, -0.2) is 9.59 Å². The highest BCUT2D eigenvalue weighted by Crippen LogP contribution is 2.60. The van der Waals surface area contributed by atoms with E-state index in [0.29, 0.717) is 25.4 Å². The van der Waals surface area contributed by atoms with Crippen LogP contribution in [0.25, 0.3) is 0 Å². The van der Waals surface area contributed by atoms with Gasteiger partial charge >= 0.3 is 12.2 Å². The molecule has 0 aromatic rings. The second-order valence-electron chi connectivity index (χ2n) is 10.9. The van der Waals surface area contributed by atoms with E-state index < -0.39 is 5.60 Å². The first kappa shape index (κ1) is 21.2. The number of rotatable bonds is 3. The molecular weight excluding hydrogens is 386 g/mol. The molecule has 0 aromatic heterocycles. The first-order chi connectivity index (χ1) is 14.0. The van der Waals surface area contributed by atoms with Gasteiger partial charge < -0.3 is 25.0 Å². The molecule has 5 aliphatic rings. The molecule has 1 aliphatic heterocycles. The molecule has 168 valence electrons. The van der Waals surface area contributed by atoms with Gasteiger partial charge in [-0.1, -0.05) is 0 Å². The van der Waals surface area contributed by atoms with Crippen LogP contribution in [0.4, 0.5) is 9.59 Å². The molecule has 0 aromatic carbocycles. The zero-order chi connectivity index (χ0) is 21.8. The number of likely N-dealkylation sites (tertiary alicyclic amines) is 1. The fourth-order valence-corrected chi connectivity index (χ4v) is 6.37. The monoisotopic (exact) mass is 421 g/mol. The molecule has 4 bridgehead atoms. The van der Waals surface area contributed by atoms with E-state index in [1.165, 1.54) is 0 Å². The summed E-state index contributed by atoms with van der Waals surface area (Å²) in [7, 11) is 1.72. The Morgan fingerprint density at radius 1 is 1.10 bits per heavy atom. The number of amides is 3. The summed E-state index contributed by atoms with van der Waals surface area (Å²) in [4.78, 5) is 40.6. The lowest BCUT2D eigenvalue weighted by Crippen LogP contribution is -2.59. The molecule has 5 fully saturated rings. The van der Waals surface area contributed by atoms with Crippen molar-refractivity contribution in [3.8, 4) is 0 Å². The van der Waals surface area contributed by atoms with E-state index in [4.69, 9.17) is 15.2 Å². The quantitative estimate of drug-likeness (QED) is 0.755. The van der Waals surface area contributed by atoms with Crippen LogP contribution in [0, 0.1) is 23.2 Å². The first-order valence-corrected chi connectivity index (χ1v) is 11.2. The van der Waals surface area contributed by atoms with Gasteiger partial charge in [0.05, 0.1) is 11.5 Å². The summed E-state index contributed by atoms with van der Waals surface area (Å²) in [6, 6.07) is -0.0796. The summed E-state index contributed by atoms with van der Waals surface area (Å²) in [6.45, 7) is 6.52. The van der Waals surface area contributed by atoms with E-state index >= 15 is 0 Å². The van der Waals surface area contributed by atoms with Gasteiger partial charge in [-0.2, -0.15) is 0 Å². The Balaban J connectivity index is 1.33. The normalized spacial score (nSPS) is 37.2. The minimum absolute atomic E-state index is 0.0796. The van der Waals surface area contributed by atoms with Crippen molar-refractivity contribution in [1.82, 2.24) is 9.80 Å². The lowest BCUT2D eigenvalue weighted by Gasteiger charge is -2.58. The molecule has 1 saturated heterocycles. The SMILES string of the molecule is CN(C(=O)OC(C)(C)C)[C@@H]1CCN(C(=O)OC2C3CC4C[C@@H]2C[C@@](C(N)=O)(C4)C3)C1. The Labute approximate surface area is 178 Å². The summed E-state index contributed by atoms with van der Waals surface area (Å²) in [5.74, 6) is 0.814. The van der Waals surface area contributed by atoms with Crippen LogP contribution in [0.5, 0.6) is 0 Å². The number of hydrogen-bond donors (Lipinski definition) is 1. The zero-order valence-electron chi connectivity index (χ0n) is 18.6. The summed E-state index contributed by atoms with van der Waals surface area (Å²) in [5, 5.41) is 0. The Kier molecular flexibility index (Phi) is 5.18. The van der Waals surface area contributed by atoms with Crippen molar-refractivity contribution in [2.75, 3.05) is 20.1 Å². The molecular formula is C22H35N3O5. The van der Waals surface area contributed by atoms with E-state index in [2.05, 4.69) is 0 Å². The summed E-state index contributed by atoms with van der Waals surface area (Å²) >= 11 is 0. The molecule has 3 unspecified atom stereocenters. The Morgan fingerprint density at radius 2 is 1.73 bits per heavy atom. The van der Waals surface area contributed by atoms with Gasteiger partial charge in [0, 0.05) is 20.1 Å².